The summed E-state index contributed by atoms with van der Waals surface area (Å²) in [5.74, 6) is 1.39. The minimum Gasteiger partial charge on any atom is -0.454 e. The van der Waals surface area contributed by atoms with Crippen molar-refractivity contribution in [3.05, 3.63) is 18.2 Å². The van der Waals surface area contributed by atoms with Crippen molar-refractivity contribution in [2.75, 3.05) is 39.3 Å². The van der Waals surface area contributed by atoms with Crippen LogP contribution < -0.4 is 14.8 Å². The number of piperidine rings is 1. The molecule has 0 bridgehead atoms. The Labute approximate surface area is 124 Å². The van der Waals surface area contributed by atoms with Gasteiger partial charge < -0.3 is 24.6 Å². The van der Waals surface area contributed by atoms with Gasteiger partial charge in [0.25, 0.3) is 0 Å². The number of nitrogens with zero attached hydrogens (tertiary/aromatic N) is 2. The van der Waals surface area contributed by atoms with Crippen LogP contribution in [0.5, 0.6) is 11.5 Å². The first-order valence-electron chi connectivity index (χ1n) is 7.25. The molecule has 0 spiro atoms. The lowest BCUT2D eigenvalue weighted by Crippen LogP contribution is -2.46. The molecular formula is C15H21N3O3. The highest BCUT2D eigenvalue weighted by Gasteiger charge is 2.24. The first kappa shape index (κ1) is 14.0. The van der Waals surface area contributed by atoms with Crippen LogP contribution in [0.3, 0.4) is 0 Å². The average molecular weight is 291 g/mol. The van der Waals surface area contributed by atoms with E-state index in [1.54, 1.807) is 11.0 Å². The fourth-order valence-electron chi connectivity index (χ4n) is 2.73. The molecule has 2 amide bonds. The standard InChI is InChI=1S/C15H21N3O3/c1-17-7-5-12(6-8-17)18(2)15(19)16-11-3-4-13-14(9-11)21-10-20-13/h3-4,9,12H,5-8,10H2,1-2H3,(H,16,19). The maximum atomic E-state index is 12.3. The number of fused-ring (bicyclic) bond motifs is 1. The number of rotatable bonds is 2. The molecule has 1 N–H and O–H groups in total. The van der Waals surface area contributed by atoms with Crippen molar-refractivity contribution >= 4 is 11.7 Å². The van der Waals surface area contributed by atoms with Crippen LogP contribution in [0.1, 0.15) is 12.8 Å². The molecular weight excluding hydrogens is 270 g/mol. The summed E-state index contributed by atoms with van der Waals surface area (Å²) in [6, 6.07) is 5.66. The lowest BCUT2D eigenvalue weighted by molar-refractivity contribution is 0.156. The Morgan fingerprint density at radius 3 is 2.76 bits per heavy atom. The first-order valence-corrected chi connectivity index (χ1v) is 7.25. The smallest absolute Gasteiger partial charge is 0.321 e. The number of anilines is 1. The minimum atomic E-state index is -0.0802. The number of hydrogen-bond acceptors (Lipinski definition) is 4. The molecule has 0 radical (unpaired) electrons. The van der Waals surface area contributed by atoms with E-state index in [9.17, 15) is 4.79 Å². The predicted octanol–water partition coefficient (Wildman–Crippen LogP) is 1.97. The monoisotopic (exact) mass is 291 g/mol. The van der Waals surface area contributed by atoms with E-state index in [1.807, 2.05) is 19.2 Å². The van der Waals surface area contributed by atoms with Crippen LogP contribution in [0.15, 0.2) is 18.2 Å². The molecule has 0 saturated carbocycles. The van der Waals surface area contributed by atoms with Gasteiger partial charge in [0.05, 0.1) is 0 Å². The number of nitrogens with one attached hydrogen (secondary N) is 1. The number of ether oxygens (including phenoxy) is 2. The van der Waals surface area contributed by atoms with Crippen LogP contribution in [0.4, 0.5) is 10.5 Å². The highest BCUT2D eigenvalue weighted by Crippen LogP contribution is 2.34. The number of likely N-dealkylation sites (tertiary alicyclic amines) is 1. The highest BCUT2D eigenvalue weighted by atomic mass is 16.7. The fourth-order valence-corrected chi connectivity index (χ4v) is 2.73. The van der Waals surface area contributed by atoms with E-state index in [1.165, 1.54) is 0 Å². The van der Waals surface area contributed by atoms with Crippen molar-refractivity contribution in [3.63, 3.8) is 0 Å². The van der Waals surface area contributed by atoms with Gasteiger partial charge in [-0.25, -0.2) is 4.79 Å². The van der Waals surface area contributed by atoms with Gasteiger partial charge in [0.2, 0.25) is 6.79 Å². The van der Waals surface area contributed by atoms with Crippen molar-refractivity contribution in [2.45, 2.75) is 18.9 Å². The lowest BCUT2D eigenvalue weighted by Gasteiger charge is -2.35. The Kier molecular flexibility index (Phi) is 3.88. The van der Waals surface area contributed by atoms with Gasteiger partial charge in [-0.3, -0.25) is 0 Å². The minimum absolute atomic E-state index is 0.0802. The van der Waals surface area contributed by atoms with Gasteiger partial charge >= 0.3 is 6.03 Å². The number of carbonyl (C=O) groups is 1. The Morgan fingerprint density at radius 1 is 1.29 bits per heavy atom. The molecule has 21 heavy (non-hydrogen) atoms. The number of amides is 2. The van der Waals surface area contributed by atoms with Gasteiger partial charge in [-0.15, -0.1) is 0 Å². The quantitative estimate of drug-likeness (QED) is 0.905. The van der Waals surface area contributed by atoms with Crippen molar-refractivity contribution in [1.82, 2.24) is 9.80 Å². The van der Waals surface area contributed by atoms with Gasteiger partial charge in [-0.1, -0.05) is 0 Å². The molecule has 2 heterocycles. The molecule has 6 nitrogen and oxygen atoms in total. The van der Waals surface area contributed by atoms with Crippen LogP contribution in [0, 0.1) is 0 Å². The van der Waals surface area contributed by atoms with Crippen LogP contribution in [-0.4, -0.2) is 55.9 Å². The van der Waals surface area contributed by atoms with E-state index in [2.05, 4.69) is 17.3 Å². The topological polar surface area (TPSA) is 54.0 Å². The largest absolute Gasteiger partial charge is 0.454 e. The molecule has 0 aromatic heterocycles. The fraction of sp³-hybridized carbons (Fsp3) is 0.533. The maximum absolute atomic E-state index is 12.3. The summed E-state index contributed by atoms with van der Waals surface area (Å²) in [5.41, 5.74) is 0.726. The SMILES string of the molecule is CN1CCC(N(C)C(=O)Nc2ccc3c(c2)OCO3)CC1. The summed E-state index contributed by atoms with van der Waals surface area (Å²) in [5, 5.41) is 2.92. The van der Waals surface area contributed by atoms with Gasteiger partial charge in [-0.05, 0) is 45.1 Å². The summed E-state index contributed by atoms with van der Waals surface area (Å²) in [6.45, 7) is 2.31. The van der Waals surface area contributed by atoms with Crippen molar-refractivity contribution in [1.29, 1.82) is 0 Å². The number of hydrogen-bond donors (Lipinski definition) is 1. The first-order chi connectivity index (χ1) is 10.1. The second-order valence-corrected chi connectivity index (χ2v) is 5.64. The maximum Gasteiger partial charge on any atom is 0.321 e. The summed E-state index contributed by atoms with van der Waals surface area (Å²) in [7, 11) is 3.97. The van der Waals surface area contributed by atoms with Gasteiger partial charge in [0.15, 0.2) is 11.5 Å². The summed E-state index contributed by atoms with van der Waals surface area (Å²) < 4.78 is 10.6. The van der Waals surface area contributed by atoms with E-state index in [-0.39, 0.29) is 12.8 Å². The number of benzene rings is 1. The highest BCUT2D eigenvalue weighted by molar-refractivity contribution is 5.89. The Morgan fingerprint density at radius 2 is 2.00 bits per heavy atom. The predicted molar refractivity (Wildman–Crippen MR) is 79.9 cm³/mol. The van der Waals surface area contributed by atoms with Crippen LogP contribution in [0.25, 0.3) is 0 Å². The Bertz CT molecular complexity index is 527. The summed E-state index contributed by atoms with van der Waals surface area (Å²) in [6.07, 6.45) is 2.03. The van der Waals surface area contributed by atoms with E-state index >= 15 is 0 Å². The Balaban J connectivity index is 1.60. The van der Waals surface area contributed by atoms with E-state index in [0.29, 0.717) is 11.8 Å². The van der Waals surface area contributed by atoms with Gasteiger partial charge in [0.1, 0.15) is 0 Å². The van der Waals surface area contributed by atoms with Gasteiger partial charge in [-0.2, -0.15) is 0 Å². The van der Waals surface area contributed by atoms with Crippen molar-refractivity contribution in [3.8, 4) is 11.5 Å². The molecule has 3 rings (SSSR count). The van der Waals surface area contributed by atoms with Gasteiger partial charge in [0, 0.05) is 24.8 Å². The van der Waals surface area contributed by atoms with E-state index < -0.39 is 0 Å². The zero-order chi connectivity index (χ0) is 14.8. The van der Waals surface area contributed by atoms with E-state index in [4.69, 9.17) is 9.47 Å². The molecule has 0 aliphatic carbocycles. The molecule has 1 aromatic carbocycles. The molecule has 2 aliphatic heterocycles. The van der Waals surface area contributed by atoms with E-state index in [0.717, 1.165) is 37.4 Å². The molecule has 0 atom stereocenters. The molecule has 2 aliphatic rings. The zero-order valence-electron chi connectivity index (χ0n) is 12.5. The third kappa shape index (κ3) is 3.05. The van der Waals surface area contributed by atoms with Crippen LogP contribution in [-0.2, 0) is 0 Å². The lowest BCUT2D eigenvalue weighted by atomic mass is 10.0. The molecule has 1 saturated heterocycles. The van der Waals surface area contributed by atoms with Crippen molar-refractivity contribution < 1.29 is 14.3 Å². The molecule has 0 unspecified atom stereocenters. The Hall–Kier alpha value is -1.95. The number of urea groups is 1. The normalized spacial score (nSPS) is 18.6. The summed E-state index contributed by atoms with van der Waals surface area (Å²) in [4.78, 5) is 16.4. The molecule has 1 aromatic rings. The third-order valence-electron chi connectivity index (χ3n) is 4.18. The number of carbonyl (C=O) groups excluding carboxylic acids is 1. The second-order valence-electron chi connectivity index (χ2n) is 5.64. The van der Waals surface area contributed by atoms with Crippen LogP contribution >= 0.6 is 0 Å². The third-order valence-corrected chi connectivity index (χ3v) is 4.18. The zero-order valence-corrected chi connectivity index (χ0v) is 12.5. The van der Waals surface area contributed by atoms with Crippen LogP contribution in [0.2, 0.25) is 0 Å². The molecule has 1 fully saturated rings. The second kappa shape index (κ2) is 5.81. The summed E-state index contributed by atoms with van der Waals surface area (Å²) >= 11 is 0. The molecule has 114 valence electrons. The molecule has 6 heteroatoms. The van der Waals surface area contributed by atoms with Crippen molar-refractivity contribution in [2.24, 2.45) is 0 Å². The average Bonchev–Trinajstić information content (AvgIpc) is 2.95.